The van der Waals surface area contributed by atoms with Crippen LogP contribution in [0.4, 0.5) is 4.79 Å². The number of hydrogen-bond donors (Lipinski definition) is 2. The summed E-state index contributed by atoms with van der Waals surface area (Å²) in [6, 6.07) is 6.00. The van der Waals surface area contributed by atoms with Crippen molar-refractivity contribution in [2.45, 2.75) is 39.3 Å². The van der Waals surface area contributed by atoms with E-state index in [4.69, 9.17) is 4.42 Å². The van der Waals surface area contributed by atoms with E-state index < -0.39 is 0 Å². The molecule has 21 heavy (non-hydrogen) atoms. The second-order valence-electron chi connectivity index (χ2n) is 5.38. The molecule has 0 saturated carbocycles. The van der Waals surface area contributed by atoms with Gasteiger partial charge in [-0.3, -0.25) is 0 Å². The molecule has 0 aliphatic rings. The maximum absolute atomic E-state index is 11.8. The van der Waals surface area contributed by atoms with Gasteiger partial charge < -0.3 is 19.6 Å². The molecule has 114 valence electrons. The third-order valence-corrected chi connectivity index (χ3v) is 3.67. The Balaban J connectivity index is 1.70. The van der Waals surface area contributed by atoms with Crippen LogP contribution in [0, 0.1) is 6.92 Å². The maximum Gasteiger partial charge on any atom is 0.315 e. The van der Waals surface area contributed by atoms with Crippen molar-refractivity contribution < 1.29 is 9.21 Å². The third kappa shape index (κ3) is 4.41. The minimum absolute atomic E-state index is 0.130. The molecule has 2 N–H and O–H groups in total. The number of urea groups is 1. The number of aryl methyl sites for hydroxylation is 3. The van der Waals surface area contributed by atoms with Crippen LogP contribution in [0.5, 0.6) is 0 Å². The second-order valence-corrected chi connectivity index (χ2v) is 5.38. The number of nitrogens with zero attached hydrogens (tertiary/aromatic N) is 1. The lowest BCUT2D eigenvalue weighted by molar-refractivity contribution is 0.236. The molecule has 2 rings (SSSR count). The number of aromatic nitrogens is 1. The highest BCUT2D eigenvalue weighted by atomic mass is 16.3. The van der Waals surface area contributed by atoms with Crippen LogP contribution < -0.4 is 10.6 Å². The van der Waals surface area contributed by atoms with Gasteiger partial charge in [-0.05, 0) is 44.9 Å². The lowest BCUT2D eigenvalue weighted by Gasteiger charge is -2.14. The molecular weight excluding hydrogens is 266 g/mol. The molecule has 2 aromatic rings. The van der Waals surface area contributed by atoms with E-state index in [1.54, 1.807) is 6.26 Å². The number of carbonyl (C=O) groups is 1. The fourth-order valence-corrected chi connectivity index (χ4v) is 2.24. The lowest BCUT2D eigenvalue weighted by Crippen LogP contribution is -2.40. The van der Waals surface area contributed by atoms with E-state index in [2.05, 4.69) is 21.3 Å². The molecule has 0 aromatic carbocycles. The van der Waals surface area contributed by atoms with Gasteiger partial charge in [-0.15, -0.1) is 0 Å². The smallest absolute Gasteiger partial charge is 0.315 e. The monoisotopic (exact) mass is 289 g/mol. The van der Waals surface area contributed by atoms with Gasteiger partial charge in [0.2, 0.25) is 0 Å². The molecule has 2 aromatic heterocycles. The molecule has 0 saturated heterocycles. The van der Waals surface area contributed by atoms with Crippen molar-refractivity contribution >= 4 is 6.03 Å². The SMILES string of the molecule is Cc1occc1CNC(=O)N[C@H](C)CCc1cccn1C. The van der Waals surface area contributed by atoms with E-state index in [1.807, 2.05) is 39.2 Å². The molecular formula is C16H23N3O2. The van der Waals surface area contributed by atoms with E-state index in [0.717, 1.165) is 24.2 Å². The van der Waals surface area contributed by atoms with E-state index in [9.17, 15) is 4.79 Å². The normalized spacial score (nSPS) is 12.1. The maximum atomic E-state index is 11.8. The minimum Gasteiger partial charge on any atom is -0.469 e. The Kier molecular flexibility index (Phi) is 5.09. The summed E-state index contributed by atoms with van der Waals surface area (Å²) in [6.45, 7) is 4.39. The molecule has 0 fully saturated rings. The quantitative estimate of drug-likeness (QED) is 0.859. The molecule has 2 amide bonds. The summed E-state index contributed by atoms with van der Waals surface area (Å²) in [5.74, 6) is 0.840. The number of nitrogens with one attached hydrogen (secondary N) is 2. The van der Waals surface area contributed by atoms with Crippen LogP contribution in [-0.2, 0) is 20.0 Å². The summed E-state index contributed by atoms with van der Waals surface area (Å²) in [7, 11) is 2.04. The molecule has 0 bridgehead atoms. The summed E-state index contributed by atoms with van der Waals surface area (Å²) in [5, 5.41) is 5.80. The van der Waals surface area contributed by atoms with Gasteiger partial charge in [0.05, 0.1) is 6.26 Å². The van der Waals surface area contributed by atoms with E-state index in [-0.39, 0.29) is 12.1 Å². The highest BCUT2D eigenvalue weighted by molar-refractivity contribution is 5.74. The van der Waals surface area contributed by atoms with Gasteiger partial charge in [0, 0.05) is 37.1 Å². The average molecular weight is 289 g/mol. The third-order valence-electron chi connectivity index (χ3n) is 3.67. The van der Waals surface area contributed by atoms with Crippen molar-refractivity contribution in [3.8, 4) is 0 Å². The van der Waals surface area contributed by atoms with E-state index in [1.165, 1.54) is 5.69 Å². The summed E-state index contributed by atoms with van der Waals surface area (Å²) in [5.41, 5.74) is 2.28. The van der Waals surface area contributed by atoms with Crippen LogP contribution in [0.3, 0.4) is 0 Å². The van der Waals surface area contributed by atoms with Crippen molar-refractivity contribution in [1.29, 1.82) is 0 Å². The van der Waals surface area contributed by atoms with Crippen molar-refractivity contribution in [1.82, 2.24) is 15.2 Å². The standard InChI is InChI=1S/C16H23N3O2/c1-12(6-7-15-5-4-9-19(15)3)18-16(20)17-11-14-8-10-21-13(14)2/h4-5,8-10,12H,6-7,11H2,1-3H3,(H2,17,18,20)/t12-/m1/s1. The number of furan rings is 1. The van der Waals surface area contributed by atoms with Crippen molar-refractivity contribution in [3.63, 3.8) is 0 Å². The summed E-state index contributed by atoms with van der Waals surface area (Å²) < 4.78 is 7.30. The van der Waals surface area contributed by atoms with E-state index in [0.29, 0.717) is 6.54 Å². The van der Waals surface area contributed by atoms with Gasteiger partial charge in [0.1, 0.15) is 5.76 Å². The highest BCUT2D eigenvalue weighted by Crippen LogP contribution is 2.08. The first-order chi connectivity index (χ1) is 10.1. The van der Waals surface area contributed by atoms with Gasteiger partial charge in [0.25, 0.3) is 0 Å². The predicted octanol–water partition coefficient (Wildman–Crippen LogP) is 2.75. The Labute approximate surface area is 125 Å². The van der Waals surface area contributed by atoms with Gasteiger partial charge >= 0.3 is 6.03 Å². The van der Waals surface area contributed by atoms with Crippen LogP contribution in [0.1, 0.15) is 30.4 Å². The van der Waals surface area contributed by atoms with Crippen LogP contribution >= 0.6 is 0 Å². The fraction of sp³-hybridized carbons (Fsp3) is 0.438. The Morgan fingerprint density at radius 1 is 1.43 bits per heavy atom. The molecule has 0 spiro atoms. The first-order valence-electron chi connectivity index (χ1n) is 7.24. The van der Waals surface area contributed by atoms with Crippen molar-refractivity contribution in [2.24, 2.45) is 7.05 Å². The number of carbonyl (C=O) groups excluding carboxylic acids is 1. The largest absolute Gasteiger partial charge is 0.469 e. The lowest BCUT2D eigenvalue weighted by atomic mass is 10.1. The highest BCUT2D eigenvalue weighted by Gasteiger charge is 2.09. The number of hydrogen-bond acceptors (Lipinski definition) is 2. The number of amides is 2. The summed E-state index contributed by atoms with van der Waals surface area (Å²) >= 11 is 0. The average Bonchev–Trinajstić information content (AvgIpc) is 3.03. The first-order valence-corrected chi connectivity index (χ1v) is 7.24. The van der Waals surface area contributed by atoms with Gasteiger partial charge in [-0.1, -0.05) is 0 Å². The Bertz CT molecular complexity index is 586. The fourth-order valence-electron chi connectivity index (χ4n) is 2.24. The molecule has 2 heterocycles. The van der Waals surface area contributed by atoms with Crippen LogP contribution in [0.2, 0.25) is 0 Å². The molecule has 0 aliphatic carbocycles. The zero-order valence-corrected chi connectivity index (χ0v) is 12.8. The molecule has 5 nitrogen and oxygen atoms in total. The van der Waals surface area contributed by atoms with Crippen LogP contribution in [0.15, 0.2) is 35.1 Å². The summed E-state index contributed by atoms with van der Waals surface area (Å²) in [6.07, 6.45) is 5.53. The van der Waals surface area contributed by atoms with Crippen molar-refractivity contribution in [3.05, 3.63) is 47.7 Å². The molecule has 1 atom stereocenters. The van der Waals surface area contributed by atoms with Crippen LogP contribution in [0.25, 0.3) is 0 Å². The molecule has 0 aliphatic heterocycles. The first kappa shape index (κ1) is 15.2. The van der Waals surface area contributed by atoms with Crippen molar-refractivity contribution in [2.75, 3.05) is 0 Å². The van der Waals surface area contributed by atoms with Gasteiger partial charge in [-0.25, -0.2) is 4.79 Å². The minimum atomic E-state index is -0.144. The van der Waals surface area contributed by atoms with Gasteiger partial charge in [-0.2, -0.15) is 0 Å². The molecule has 0 radical (unpaired) electrons. The molecule has 5 heteroatoms. The van der Waals surface area contributed by atoms with E-state index >= 15 is 0 Å². The Morgan fingerprint density at radius 3 is 2.86 bits per heavy atom. The predicted molar refractivity (Wildman–Crippen MR) is 82.0 cm³/mol. The number of rotatable bonds is 6. The molecule has 0 unspecified atom stereocenters. The topological polar surface area (TPSA) is 59.2 Å². The second kappa shape index (κ2) is 7.02. The summed E-state index contributed by atoms with van der Waals surface area (Å²) in [4.78, 5) is 11.8. The zero-order valence-electron chi connectivity index (χ0n) is 12.8. The Hall–Kier alpha value is -2.17. The Morgan fingerprint density at radius 2 is 2.24 bits per heavy atom. The zero-order chi connectivity index (χ0) is 15.2. The van der Waals surface area contributed by atoms with Crippen LogP contribution in [-0.4, -0.2) is 16.6 Å². The van der Waals surface area contributed by atoms with Gasteiger partial charge in [0.15, 0.2) is 0 Å².